The highest BCUT2D eigenvalue weighted by molar-refractivity contribution is 7.80. The summed E-state index contributed by atoms with van der Waals surface area (Å²) in [6.07, 6.45) is 1.47. The summed E-state index contributed by atoms with van der Waals surface area (Å²) in [4.78, 5) is 36.7. The molecule has 23 heavy (non-hydrogen) atoms. The number of amides is 4. The minimum Gasteiger partial charge on any atom is -0.309 e. The van der Waals surface area contributed by atoms with E-state index in [9.17, 15) is 22.8 Å². The zero-order valence-electron chi connectivity index (χ0n) is 12.4. The zero-order valence-corrected chi connectivity index (χ0v) is 13.2. The van der Waals surface area contributed by atoms with Crippen molar-refractivity contribution in [2.45, 2.75) is 44.7 Å². The molecule has 2 saturated heterocycles. The normalized spacial score (nSPS) is 23.8. The molecule has 2 rings (SSSR count). The maximum absolute atomic E-state index is 12.1. The van der Waals surface area contributed by atoms with Crippen LogP contribution in [-0.4, -0.2) is 59.4 Å². The van der Waals surface area contributed by atoms with Crippen LogP contribution in [0.4, 0.5) is 4.79 Å². The van der Waals surface area contributed by atoms with Gasteiger partial charge in [-0.2, -0.15) is 13.5 Å². The SMILES string of the molecule is CCCC(=O)NNC(=O)C1CCC2CN1C(=O)N2OS(=O)(=O)O. The molecule has 0 spiro atoms. The molecule has 0 saturated carbocycles. The molecule has 12 heteroatoms. The van der Waals surface area contributed by atoms with Crippen LogP contribution in [0.1, 0.15) is 32.6 Å². The number of nitrogens with zero attached hydrogens (tertiary/aromatic N) is 2. The van der Waals surface area contributed by atoms with Gasteiger partial charge in [0.1, 0.15) is 6.04 Å². The second kappa shape index (κ2) is 6.68. The third kappa shape index (κ3) is 4.09. The molecule has 2 bridgehead atoms. The number of nitrogens with one attached hydrogen (secondary N) is 2. The molecule has 11 nitrogen and oxygen atoms in total. The van der Waals surface area contributed by atoms with Crippen molar-refractivity contribution in [1.82, 2.24) is 20.8 Å². The molecule has 2 unspecified atom stereocenters. The number of hydrogen-bond acceptors (Lipinski definition) is 6. The van der Waals surface area contributed by atoms with Gasteiger partial charge in [0.25, 0.3) is 5.91 Å². The van der Waals surface area contributed by atoms with E-state index < -0.39 is 34.4 Å². The smallest absolute Gasteiger partial charge is 0.309 e. The molecule has 4 amide bonds. The molecule has 2 fully saturated rings. The molecular formula is C11H18N4O7S. The van der Waals surface area contributed by atoms with E-state index >= 15 is 0 Å². The lowest BCUT2D eigenvalue weighted by Crippen LogP contribution is -2.54. The Morgan fingerprint density at radius 1 is 1.35 bits per heavy atom. The minimum absolute atomic E-state index is 0.0926. The molecule has 0 radical (unpaired) electrons. The number of urea groups is 1. The number of carbonyl (C=O) groups excluding carboxylic acids is 3. The largest absolute Gasteiger partial charge is 0.418 e. The van der Waals surface area contributed by atoms with E-state index in [1.54, 1.807) is 0 Å². The van der Waals surface area contributed by atoms with E-state index in [1.807, 2.05) is 6.92 Å². The molecule has 2 heterocycles. The van der Waals surface area contributed by atoms with E-state index in [-0.39, 0.29) is 25.3 Å². The van der Waals surface area contributed by atoms with Gasteiger partial charge in [-0.25, -0.2) is 4.79 Å². The van der Waals surface area contributed by atoms with Gasteiger partial charge in [-0.05, 0) is 19.3 Å². The highest BCUT2D eigenvalue weighted by Gasteiger charge is 2.49. The van der Waals surface area contributed by atoms with Crippen molar-refractivity contribution in [1.29, 1.82) is 0 Å². The summed E-state index contributed by atoms with van der Waals surface area (Å²) in [6, 6.07) is -2.25. The Hall–Kier alpha value is -1.92. The topological polar surface area (TPSA) is 145 Å². The summed E-state index contributed by atoms with van der Waals surface area (Å²) < 4.78 is 34.5. The predicted molar refractivity (Wildman–Crippen MR) is 74.6 cm³/mol. The first-order valence-electron chi connectivity index (χ1n) is 7.08. The van der Waals surface area contributed by atoms with Gasteiger partial charge >= 0.3 is 16.4 Å². The summed E-state index contributed by atoms with van der Waals surface area (Å²) >= 11 is 0. The van der Waals surface area contributed by atoms with E-state index in [1.165, 1.54) is 0 Å². The lowest BCUT2D eigenvalue weighted by atomic mass is 10.0. The number of hydrazine groups is 1. The fourth-order valence-electron chi connectivity index (χ4n) is 2.61. The summed E-state index contributed by atoms with van der Waals surface area (Å²) in [5.74, 6) is -0.923. The standard InChI is InChI=1S/C11H18N4O7S/c1-2-3-9(16)12-13-10(17)8-5-4-7-6-14(8)11(18)15(7)22-23(19,20)21/h7-8H,2-6H2,1H3,(H,12,16)(H,13,17)(H,19,20,21). The van der Waals surface area contributed by atoms with Gasteiger partial charge in [0.2, 0.25) is 5.91 Å². The summed E-state index contributed by atoms with van der Waals surface area (Å²) in [6.45, 7) is 1.91. The van der Waals surface area contributed by atoms with Gasteiger partial charge in [-0.3, -0.25) is 25.0 Å². The van der Waals surface area contributed by atoms with Crippen LogP contribution in [-0.2, 0) is 24.3 Å². The Balaban J connectivity index is 1.98. The van der Waals surface area contributed by atoms with Crippen LogP contribution in [0, 0.1) is 0 Å². The molecule has 0 aliphatic carbocycles. The number of piperidine rings is 1. The van der Waals surface area contributed by atoms with E-state index in [4.69, 9.17) is 4.55 Å². The second-order valence-electron chi connectivity index (χ2n) is 5.30. The molecule has 2 atom stereocenters. The van der Waals surface area contributed by atoms with Gasteiger partial charge < -0.3 is 4.90 Å². The Morgan fingerprint density at radius 3 is 2.65 bits per heavy atom. The Labute approximate surface area is 132 Å². The van der Waals surface area contributed by atoms with E-state index in [0.717, 1.165) is 4.90 Å². The molecular weight excluding hydrogens is 332 g/mol. The summed E-state index contributed by atoms with van der Waals surface area (Å²) in [5, 5.41) is 0.554. The third-order valence-corrected chi connectivity index (χ3v) is 3.95. The Morgan fingerprint density at radius 2 is 2.04 bits per heavy atom. The van der Waals surface area contributed by atoms with Crippen molar-refractivity contribution in [3.8, 4) is 0 Å². The van der Waals surface area contributed by atoms with Crippen LogP contribution in [0.3, 0.4) is 0 Å². The fourth-order valence-corrected chi connectivity index (χ4v) is 3.00. The van der Waals surface area contributed by atoms with Gasteiger partial charge in [-0.15, -0.1) is 4.28 Å². The second-order valence-corrected chi connectivity index (χ2v) is 6.30. The van der Waals surface area contributed by atoms with Crippen molar-refractivity contribution in [2.24, 2.45) is 0 Å². The number of hydroxylamine groups is 2. The predicted octanol–water partition coefficient (Wildman–Crippen LogP) is -1.06. The lowest BCUT2D eigenvalue weighted by Gasteiger charge is -2.29. The quantitative estimate of drug-likeness (QED) is 0.423. The maximum Gasteiger partial charge on any atom is 0.418 e. The number of hydrogen-bond donors (Lipinski definition) is 3. The van der Waals surface area contributed by atoms with Gasteiger partial charge in [0, 0.05) is 13.0 Å². The van der Waals surface area contributed by atoms with E-state index in [2.05, 4.69) is 15.1 Å². The third-order valence-electron chi connectivity index (χ3n) is 3.60. The molecule has 0 aromatic carbocycles. The highest BCUT2D eigenvalue weighted by atomic mass is 32.3. The molecule has 0 aromatic rings. The first-order chi connectivity index (χ1) is 10.7. The first kappa shape index (κ1) is 17.4. The van der Waals surface area contributed by atoms with Crippen LogP contribution in [0.25, 0.3) is 0 Å². The van der Waals surface area contributed by atoms with Crippen LogP contribution < -0.4 is 10.9 Å². The van der Waals surface area contributed by atoms with Crippen LogP contribution >= 0.6 is 0 Å². The summed E-state index contributed by atoms with van der Waals surface area (Å²) in [5.41, 5.74) is 4.49. The molecule has 130 valence electrons. The van der Waals surface area contributed by atoms with Crippen molar-refractivity contribution < 1.29 is 31.6 Å². The number of fused-ring (bicyclic) bond motifs is 2. The minimum atomic E-state index is -4.82. The van der Waals surface area contributed by atoms with Gasteiger partial charge in [-0.1, -0.05) is 6.92 Å². The van der Waals surface area contributed by atoms with Crippen molar-refractivity contribution >= 4 is 28.2 Å². The molecule has 3 N–H and O–H groups in total. The zero-order chi connectivity index (χ0) is 17.2. The van der Waals surface area contributed by atoms with Crippen LogP contribution in [0.15, 0.2) is 0 Å². The number of rotatable bonds is 5. The average molecular weight is 350 g/mol. The monoisotopic (exact) mass is 350 g/mol. The molecule has 2 aliphatic heterocycles. The van der Waals surface area contributed by atoms with Gasteiger partial charge in [0.05, 0.1) is 6.04 Å². The lowest BCUT2D eigenvalue weighted by molar-refractivity contribution is -0.131. The van der Waals surface area contributed by atoms with Crippen LogP contribution in [0.2, 0.25) is 0 Å². The van der Waals surface area contributed by atoms with Gasteiger partial charge in [0.15, 0.2) is 0 Å². The van der Waals surface area contributed by atoms with Crippen molar-refractivity contribution in [2.75, 3.05) is 6.54 Å². The number of carbonyl (C=O) groups is 3. The Bertz CT molecular complexity index is 607. The Kier molecular flexibility index (Phi) is 5.06. The van der Waals surface area contributed by atoms with Crippen molar-refractivity contribution in [3.05, 3.63) is 0 Å². The fraction of sp³-hybridized carbons (Fsp3) is 0.727. The van der Waals surface area contributed by atoms with Crippen LogP contribution in [0.5, 0.6) is 0 Å². The highest BCUT2D eigenvalue weighted by Crippen LogP contribution is 2.30. The first-order valence-corrected chi connectivity index (χ1v) is 8.45. The van der Waals surface area contributed by atoms with E-state index in [0.29, 0.717) is 17.9 Å². The molecule has 0 aromatic heterocycles. The maximum atomic E-state index is 12.1. The average Bonchev–Trinajstić information content (AvgIpc) is 2.69. The summed E-state index contributed by atoms with van der Waals surface area (Å²) in [7, 11) is -4.82. The molecule has 2 aliphatic rings. The van der Waals surface area contributed by atoms with Crippen molar-refractivity contribution in [3.63, 3.8) is 0 Å².